The Labute approximate surface area is 182 Å². The zero-order chi connectivity index (χ0) is 21.5. The number of nitrogens with zero attached hydrogens (tertiary/aromatic N) is 4. The molecule has 1 unspecified atom stereocenters. The molecule has 8 heteroatoms. The van der Waals surface area contributed by atoms with Crippen LogP contribution in [0.3, 0.4) is 0 Å². The average Bonchev–Trinajstić information content (AvgIpc) is 3.40. The summed E-state index contributed by atoms with van der Waals surface area (Å²) in [4.78, 5) is 8.61. The van der Waals surface area contributed by atoms with Crippen molar-refractivity contribution in [1.82, 2.24) is 19.7 Å². The normalized spacial score (nSPS) is 12.4. The molecule has 5 rings (SSSR count). The van der Waals surface area contributed by atoms with Gasteiger partial charge in [0, 0.05) is 28.4 Å². The molecule has 0 fully saturated rings. The lowest BCUT2D eigenvalue weighted by molar-refractivity contribution is 0.356. The van der Waals surface area contributed by atoms with Crippen molar-refractivity contribution in [1.29, 1.82) is 0 Å². The van der Waals surface area contributed by atoms with E-state index in [0.29, 0.717) is 33.5 Å². The van der Waals surface area contributed by atoms with Gasteiger partial charge in [-0.1, -0.05) is 41.0 Å². The third-order valence-electron chi connectivity index (χ3n) is 5.30. The predicted molar refractivity (Wildman–Crippen MR) is 118 cm³/mol. The molecule has 154 valence electrons. The average molecular weight is 434 g/mol. The van der Waals surface area contributed by atoms with Crippen molar-refractivity contribution in [3.05, 3.63) is 83.7 Å². The molecule has 0 aliphatic heterocycles. The van der Waals surface area contributed by atoms with Gasteiger partial charge in [-0.15, -0.1) is 0 Å². The largest absolute Gasteiger partial charge is 0.383 e. The van der Waals surface area contributed by atoms with E-state index in [2.05, 4.69) is 15.1 Å². The van der Waals surface area contributed by atoms with Crippen molar-refractivity contribution in [2.75, 3.05) is 5.73 Å². The highest BCUT2D eigenvalue weighted by Gasteiger charge is 2.22. The van der Waals surface area contributed by atoms with Crippen LogP contribution in [0.25, 0.3) is 33.4 Å². The first-order chi connectivity index (χ1) is 15.0. The molecule has 31 heavy (non-hydrogen) atoms. The summed E-state index contributed by atoms with van der Waals surface area (Å²) in [5, 5.41) is 5.45. The second kappa shape index (κ2) is 7.52. The van der Waals surface area contributed by atoms with Crippen molar-refractivity contribution < 1.29 is 8.91 Å². The van der Waals surface area contributed by atoms with Gasteiger partial charge in [0.2, 0.25) is 0 Å². The van der Waals surface area contributed by atoms with Gasteiger partial charge in [0.15, 0.2) is 5.76 Å². The summed E-state index contributed by atoms with van der Waals surface area (Å²) in [5.74, 6) is 0.590. The lowest BCUT2D eigenvalue weighted by Gasteiger charge is -2.11. The maximum atomic E-state index is 14.2. The van der Waals surface area contributed by atoms with Crippen molar-refractivity contribution in [3.8, 4) is 22.4 Å². The third-order valence-corrected chi connectivity index (χ3v) is 5.55. The fraction of sp³-hybridized carbons (Fsp3) is 0.0870. The topological polar surface area (TPSA) is 82.8 Å². The van der Waals surface area contributed by atoms with Crippen molar-refractivity contribution in [2.45, 2.75) is 13.0 Å². The smallest absolute Gasteiger partial charge is 0.159 e. The predicted octanol–water partition coefficient (Wildman–Crippen LogP) is 5.74. The Kier molecular flexibility index (Phi) is 4.67. The number of hydrogen-bond acceptors (Lipinski definition) is 5. The molecule has 6 nitrogen and oxygen atoms in total. The number of hydrogen-bond donors (Lipinski definition) is 1. The van der Waals surface area contributed by atoms with E-state index in [0.717, 1.165) is 16.5 Å². The molecule has 0 radical (unpaired) electrons. The van der Waals surface area contributed by atoms with Gasteiger partial charge >= 0.3 is 0 Å². The molecule has 3 heterocycles. The number of fused-ring (bicyclic) bond motifs is 1. The van der Waals surface area contributed by atoms with E-state index in [4.69, 9.17) is 21.9 Å². The van der Waals surface area contributed by atoms with E-state index in [-0.39, 0.29) is 11.9 Å². The number of benzene rings is 2. The molecule has 0 saturated carbocycles. The monoisotopic (exact) mass is 433 g/mol. The highest BCUT2D eigenvalue weighted by molar-refractivity contribution is 6.30. The fourth-order valence-corrected chi connectivity index (χ4v) is 3.80. The minimum absolute atomic E-state index is 0.272. The van der Waals surface area contributed by atoms with E-state index < -0.39 is 0 Å². The Bertz CT molecular complexity index is 1390. The molecule has 0 saturated heterocycles. The summed E-state index contributed by atoms with van der Waals surface area (Å²) in [6.45, 7) is 1.95. The minimum Gasteiger partial charge on any atom is -0.383 e. The number of nitrogen functional groups attached to an aromatic ring is 1. The van der Waals surface area contributed by atoms with Gasteiger partial charge in [-0.2, -0.15) is 0 Å². The molecule has 0 aliphatic carbocycles. The highest BCUT2D eigenvalue weighted by Crippen LogP contribution is 2.36. The van der Waals surface area contributed by atoms with E-state index >= 15 is 0 Å². The second-order valence-corrected chi connectivity index (χ2v) is 7.62. The van der Waals surface area contributed by atoms with Crippen LogP contribution >= 0.6 is 11.6 Å². The first-order valence-electron chi connectivity index (χ1n) is 9.61. The van der Waals surface area contributed by atoms with Crippen LogP contribution in [0.15, 0.2) is 71.6 Å². The van der Waals surface area contributed by atoms with Crippen LogP contribution in [0, 0.1) is 5.82 Å². The molecule has 3 aromatic heterocycles. The lowest BCUT2D eigenvalue weighted by Crippen LogP contribution is -2.05. The molecule has 0 amide bonds. The Morgan fingerprint density at radius 2 is 1.84 bits per heavy atom. The Balaban J connectivity index is 1.62. The summed E-state index contributed by atoms with van der Waals surface area (Å²) >= 11 is 6.05. The zero-order valence-corrected chi connectivity index (χ0v) is 17.2. The standard InChI is InChI=1S/C23H17ClFN5O/c1-13(20-10-19(29-31-20)16-4-2-3-5-18(16)25)30-11-17(14-6-8-15(24)9-7-14)21-22(26)27-12-28-23(21)30/h2-13H,1H3,(H2,26,27,28). The quantitative estimate of drug-likeness (QED) is 0.391. The molecule has 0 aliphatic rings. The summed E-state index contributed by atoms with van der Waals surface area (Å²) in [5.41, 5.74) is 9.50. The summed E-state index contributed by atoms with van der Waals surface area (Å²) in [7, 11) is 0. The van der Waals surface area contributed by atoms with Gasteiger partial charge in [0.1, 0.15) is 29.3 Å². The van der Waals surface area contributed by atoms with Gasteiger partial charge < -0.3 is 14.8 Å². The molecule has 0 bridgehead atoms. The lowest BCUT2D eigenvalue weighted by atomic mass is 10.1. The summed E-state index contributed by atoms with van der Waals surface area (Å²) in [6.07, 6.45) is 3.38. The van der Waals surface area contributed by atoms with Gasteiger partial charge in [-0.25, -0.2) is 14.4 Å². The van der Waals surface area contributed by atoms with E-state index in [9.17, 15) is 4.39 Å². The summed E-state index contributed by atoms with van der Waals surface area (Å²) in [6, 6.07) is 15.4. The molecular weight excluding hydrogens is 417 g/mol. The first kappa shape index (κ1) is 19.3. The number of aromatic nitrogens is 4. The van der Waals surface area contributed by atoms with Crippen LogP contribution in [0.5, 0.6) is 0 Å². The maximum absolute atomic E-state index is 14.2. The second-order valence-electron chi connectivity index (χ2n) is 7.18. The summed E-state index contributed by atoms with van der Waals surface area (Å²) < 4.78 is 21.7. The minimum atomic E-state index is -0.355. The number of halogens is 2. The molecule has 2 N–H and O–H groups in total. The third kappa shape index (κ3) is 3.33. The Morgan fingerprint density at radius 1 is 1.06 bits per heavy atom. The van der Waals surface area contributed by atoms with Crippen LogP contribution in [-0.2, 0) is 0 Å². The fourth-order valence-electron chi connectivity index (χ4n) is 3.67. The Morgan fingerprint density at radius 3 is 2.61 bits per heavy atom. The number of nitrogens with two attached hydrogens (primary N) is 1. The van der Waals surface area contributed by atoms with Crippen LogP contribution in [0.2, 0.25) is 5.02 Å². The molecular formula is C23H17ClFN5O. The van der Waals surface area contributed by atoms with Crippen LogP contribution in [-0.4, -0.2) is 19.7 Å². The molecule has 5 aromatic rings. The van der Waals surface area contributed by atoms with E-state index in [1.165, 1.54) is 12.4 Å². The van der Waals surface area contributed by atoms with Crippen LogP contribution < -0.4 is 5.73 Å². The van der Waals surface area contributed by atoms with Gasteiger partial charge in [0.25, 0.3) is 0 Å². The maximum Gasteiger partial charge on any atom is 0.159 e. The van der Waals surface area contributed by atoms with Crippen molar-refractivity contribution in [2.24, 2.45) is 0 Å². The molecule has 0 spiro atoms. The van der Waals surface area contributed by atoms with Gasteiger partial charge in [-0.05, 0) is 36.8 Å². The zero-order valence-electron chi connectivity index (χ0n) is 16.5. The van der Waals surface area contributed by atoms with E-state index in [1.807, 2.05) is 42.0 Å². The van der Waals surface area contributed by atoms with Crippen LogP contribution in [0.4, 0.5) is 10.2 Å². The number of anilines is 1. The van der Waals surface area contributed by atoms with E-state index in [1.54, 1.807) is 24.3 Å². The number of rotatable bonds is 4. The van der Waals surface area contributed by atoms with Crippen molar-refractivity contribution >= 4 is 28.5 Å². The van der Waals surface area contributed by atoms with Crippen molar-refractivity contribution in [3.63, 3.8) is 0 Å². The van der Waals surface area contributed by atoms with Gasteiger partial charge in [0.05, 0.1) is 11.4 Å². The SMILES string of the molecule is CC(c1cc(-c2ccccc2F)no1)n1cc(-c2ccc(Cl)cc2)c2c(N)ncnc21. The first-order valence-corrected chi connectivity index (χ1v) is 9.99. The molecule has 2 aromatic carbocycles. The van der Waals surface area contributed by atoms with Crippen LogP contribution in [0.1, 0.15) is 18.7 Å². The molecule has 1 atom stereocenters. The highest BCUT2D eigenvalue weighted by atomic mass is 35.5. The Hall–Kier alpha value is -3.71. The van der Waals surface area contributed by atoms with Gasteiger partial charge in [-0.3, -0.25) is 0 Å².